The van der Waals surface area contributed by atoms with Crippen LogP contribution in [0.25, 0.3) is 10.2 Å². The molecule has 0 spiro atoms. The van der Waals surface area contributed by atoms with E-state index in [9.17, 15) is 4.79 Å². The molecule has 0 radical (unpaired) electrons. The third-order valence-electron chi connectivity index (χ3n) is 5.20. The summed E-state index contributed by atoms with van der Waals surface area (Å²) in [6, 6.07) is 8.07. The lowest BCUT2D eigenvalue weighted by Gasteiger charge is -2.30. The van der Waals surface area contributed by atoms with Crippen LogP contribution in [0.2, 0.25) is 0 Å². The van der Waals surface area contributed by atoms with Crippen LogP contribution >= 0.6 is 11.3 Å². The second-order valence-electron chi connectivity index (χ2n) is 7.26. The van der Waals surface area contributed by atoms with Crippen LogP contribution in [0, 0.1) is 6.92 Å². The Morgan fingerprint density at radius 3 is 2.67 bits per heavy atom. The Labute approximate surface area is 162 Å². The van der Waals surface area contributed by atoms with Crippen LogP contribution in [0.3, 0.4) is 0 Å². The Kier molecular flexibility index (Phi) is 5.20. The minimum absolute atomic E-state index is 0.0265. The van der Waals surface area contributed by atoms with E-state index in [1.165, 1.54) is 12.8 Å². The van der Waals surface area contributed by atoms with Crippen molar-refractivity contribution in [1.82, 2.24) is 20.4 Å². The highest BCUT2D eigenvalue weighted by Crippen LogP contribution is 2.34. The maximum absolute atomic E-state index is 12.8. The zero-order chi connectivity index (χ0) is 18.7. The summed E-state index contributed by atoms with van der Waals surface area (Å²) < 4.78 is 6.37. The molecule has 0 saturated heterocycles. The molecule has 0 atom stereocenters. The molecule has 1 fully saturated rings. The Morgan fingerprint density at radius 2 is 1.96 bits per heavy atom. The van der Waals surface area contributed by atoms with E-state index in [0.29, 0.717) is 24.6 Å². The van der Waals surface area contributed by atoms with Gasteiger partial charge in [0, 0.05) is 19.8 Å². The number of aryl methyl sites for hydroxylation is 2. The Balaban J connectivity index is 1.46. The number of rotatable bonds is 5. The first-order valence-electron chi connectivity index (χ1n) is 9.61. The van der Waals surface area contributed by atoms with Crippen LogP contribution in [-0.2, 0) is 16.8 Å². The second kappa shape index (κ2) is 7.76. The number of para-hydroxylation sites is 1. The van der Waals surface area contributed by atoms with E-state index in [1.807, 2.05) is 18.2 Å². The van der Waals surface area contributed by atoms with Gasteiger partial charge >= 0.3 is 0 Å². The summed E-state index contributed by atoms with van der Waals surface area (Å²) in [5.74, 6) is 1.19. The summed E-state index contributed by atoms with van der Waals surface area (Å²) in [7, 11) is 0. The monoisotopic (exact) mass is 384 g/mol. The van der Waals surface area contributed by atoms with Gasteiger partial charge in [-0.3, -0.25) is 4.79 Å². The van der Waals surface area contributed by atoms with E-state index in [-0.39, 0.29) is 5.91 Å². The van der Waals surface area contributed by atoms with Gasteiger partial charge in [-0.1, -0.05) is 43.0 Å². The minimum Gasteiger partial charge on any atom is -0.343 e. The number of amides is 1. The fraction of sp³-hybridized carbons (Fsp3) is 0.500. The van der Waals surface area contributed by atoms with Crippen molar-refractivity contribution in [3.05, 3.63) is 41.0 Å². The quantitative estimate of drug-likeness (QED) is 0.664. The van der Waals surface area contributed by atoms with Crippen LogP contribution in [0.1, 0.15) is 61.7 Å². The molecule has 4 rings (SSSR count). The number of carbonyl (C=O) groups is 1. The lowest BCUT2D eigenvalue weighted by Crippen LogP contribution is -2.46. The molecule has 27 heavy (non-hydrogen) atoms. The van der Waals surface area contributed by atoms with E-state index in [0.717, 1.165) is 40.9 Å². The van der Waals surface area contributed by atoms with Crippen molar-refractivity contribution in [1.29, 1.82) is 0 Å². The topological polar surface area (TPSA) is 80.9 Å². The smallest absolute Gasteiger partial charge is 0.223 e. The number of carbonyl (C=O) groups excluding carboxylic acids is 1. The summed E-state index contributed by atoms with van der Waals surface area (Å²) in [6.07, 6.45) is 7.26. The first-order chi connectivity index (χ1) is 13.1. The average molecular weight is 385 g/mol. The van der Waals surface area contributed by atoms with Gasteiger partial charge in [-0.2, -0.15) is 4.98 Å². The van der Waals surface area contributed by atoms with Crippen molar-refractivity contribution in [2.75, 3.05) is 0 Å². The van der Waals surface area contributed by atoms with Crippen LogP contribution in [0.5, 0.6) is 0 Å². The van der Waals surface area contributed by atoms with Crippen molar-refractivity contribution in [3.8, 4) is 0 Å². The predicted molar refractivity (Wildman–Crippen MR) is 104 cm³/mol. The Bertz CT molecular complexity index is 892. The minimum atomic E-state index is -0.501. The molecule has 142 valence electrons. The summed E-state index contributed by atoms with van der Waals surface area (Å²) in [6.45, 7) is 1.79. The van der Waals surface area contributed by atoms with E-state index < -0.39 is 5.54 Å². The van der Waals surface area contributed by atoms with Gasteiger partial charge in [0.25, 0.3) is 0 Å². The molecule has 7 heteroatoms. The molecule has 1 amide bonds. The largest absolute Gasteiger partial charge is 0.343 e. The zero-order valence-corrected chi connectivity index (χ0v) is 16.3. The molecule has 1 aliphatic carbocycles. The molecular weight excluding hydrogens is 360 g/mol. The maximum Gasteiger partial charge on any atom is 0.223 e. The van der Waals surface area contributed by atoms with Crippen LogP contribution in [-0.4, -0.2) is 21.0 Å². The molecule has 2 heterocycles. The second-order valence-corrected chi connectivity index (χ2v) is 8.37. The molecule has 2 aromatic heterocycles. The van der Waals surface area contributed by atoms with Crippen molar-refractivity contribution >= 4 is 27.5 Å². The first kappa shape index (κ1) is 18.1. The number of nitrogens with one attached hydrogen (secondary N) is 1. The Morgan fingerprint density at radius 1 is 1.19 bits per heavy atom. The molecule has 0 unspecified atom stereocenters. The zero-order valence-electron chi connectivity index (χ0n) is 15.5. The predicted octanol–water partition coefficient (Wildman–Crippen LogP) is 4.29. The molecular formula is C20H24N4O2S. The summed E-state index contributed by atoms with van der Waals surface area (Å²) in [5, 5.41) is 8.40. The number of hydrogen-bond acceptors (Lipinski definition) is 6. The van der Waals surface area contributed by atoms with Gasteiger partial charge < -0.3 is 9.84 Å². The van der Waals surface area contributed by atoms with Crippen molar-refractivity contribution in [2.45, 2.75) is 63.8 Å². The molecule has 3 aromatic rings. The number of hydrogen-bond donors (Lipinski definition) is 1. The van der Waals surface area contributed by atoms with E-state index in [1.54, 1.807) is 18.3 Å². The van der Waals surface area contributed by atoms with Crippen LogP contribution < -0.4 is 5.32 Å². The number of benzene rings is 1. The van der Waals surface area contributed by atoms with Gasteiger partial charge in [0.1, 0.15) is 5.54 Å². The summed E-state index contributed by atoms with van der Waals surface area (Å²) >= 11 is 1.66. The molecule has 6 nitrogen and oxygen atoms in total. The molecule has 1 saturated carbocycles. The molecule has 0 bridgehead atoms. The van der Waals surface area contributed by atoms with Crippen LogP contribution in [0.4, 0.5) is 0 Å². The highest BCUT2D eigenvalue weighted by molar-refractivity contribution is 7.18. The fourth-order valence-corrected chi connectivity index (χ4v) is 4.77. The van der Waals surface area contributed by atoms with Gasteiger partial charge in [-0.15, -0.1) is 11.3 Å². The first-order valence-corrected chi connectivity index (χ1v) is 10.4. The fourth-order valence-electron chi connectivity index (χ4n) is 3.81. The highest BCUT2D eigenvalue weighted by Gasteiger charge is 2.38. The Hall–Kier alpha value is -2.28. The van der Waals surface area contributed by atoms with Gasteiger partial charge in [-0.25, -0.2) is 4.98 Å². The molecule has 0 aliphatic heterocycles. The summed E-state index contributed by atoms with van der Waals surface area (Å²) in [5.41, 5.74) is 0.499. The van der Waals surface area contributed by atoms with Crippen molar-refractivity contribution in [3.63, 3.8) is 0 Å². The number of nitrogens with zero attached hydrogens (tertiary/aromatic N) is 3. The highest BCUT2D eigenvalue weighted by atomic mass is 32.1. The average Bonchev–Trinajstić information content (AvgIpc) is 3.21. The molecule has 1 aromatic carbocycles. The maximum atomic E-state index is 12.8. The lowest BCUT2D eigenvalue weighted by atomic mass is 9.89. The third-order valence-corrected chi connectivity index (χ3v) is 6.29. The van der Waals surface area contributed by atoms with E-state index in [4.69, 9.17) is 4.52 Å². The third kappa shape index (κ3) is 4.03. The normalized spacial score (nSPS) is 16.9. The number of thiazole rings is 1. The SMILES string of the molecule is Cc1nc(C2(NC(=O)CCc3nc4ccccc4s3)CCCCCC2)no1. The van der Waals surface area contributed by atoms with Gasteiger partial charge in [-0.05, 0) is 25.0 Å². The molecule has 1 aliphatic rings. The number of fused-ring (bicyclic) bond motifs is 1. The van der Waals surface area contributed by atoms with Gasteiger partial charge in [0.2, 0.25) is 11.8 Å². The van der Waals surface area contributed by atoms with E-state index >= 15 is 0 Å². The summed E-state index contributed by atoms with van der Waals surface area (Å²) in [4.78, 5) is 21.8. The van der Waals surface area contributed by atoms with E-state index in [2.05, 4.69) is 26.5 Å². The lowest BCUT2D eigenvalue weighted by molar-refractivity contribution is -0.123. The van der Waals surface area contributed by atoms with Crippen molar-refractivity contribution in [2.24, 2.45) is 0 Å². The number of aromatic nitrogens is 3. The standard InChI is InChI=1S/C20H24N4O2S/c1-14-21-19(24-26-14)20(12-6-2-3-7-13-20)23-17(25)10-11-18-22-15-8-4-5-9-16(15)27-18/h4-5,8-9H,2-3,6-7,10-13H2,1H3,(H,23,25). The van der Waals surface area contributed by atoms with Gasteiger partial charge in [0.15, 0.2) is 5.82 Å². The van der Waals surface area contributed by atoms with Crippen molar-refractivity contribution < 1.29 is 9.32 Å². The van der Waals surface area contributed by atoms with Crippen LogP contribution in [0.15, 0.2) is 28.8 Å². The van der Waals surface area contributed by atoms with Gasteiger partial charge in [0.05, 0.1) is 15.2 Å². The molecule has 1 N–H and O–H groups in total.